The summed E-state index contributed by atoms with van der Waals surface area (Å²) in [5, 5.41) is 7.72. The average molecular weight is 283 g/mol. The largest absolute Gasteiger partial charge is 0.385 e. The summed E-state index contributed by atoms with van der Waals surface area (Å²) < 4.78 is 5.63. The number of hydrogen-bond donors (Lipinski definition) is 1. The molecule has 21 heavy (non-hydrogen) atoms. The highest BCUT2D eigenvalue weighted by molar-refractivity contribution is 5.56. The summed E-state index contributed by atoms with van der Waals surface area (Å²) in [7, 11) is 0. The Balaban J connectivity index is 1.61. The zero-order chi connectivity index (χ0) is 14.1. The van der Waals surface area contributed by atoms with Gasteiger partial charge in [0.15, 0.2) is 5.82 Å². The minimum atomic E-state index is 0.243. The van der Waals surface area contributed by atoms with Gasteiger partial charge in [-0.15, -0.1) is 0 Å². The molecule has 1 aromatic heterocycles. The fourth-order valence-corrected chi connectivity index (χ4v) is 3.64. The minimum Gasteiger partial charge on any atom is -0.385 e. The van der Waals surface area contributed by atoms with Gasteiger partial charge < -0.3 is 9.84 Å². The van der Waals surface area contributed by atoms with Crippen LogP contribution in [0.3, 0.4) is 0 Å². The van der Waals surface area contributed by atoms with Gasteiger partial charge in [-0.05, 0) is 30.9 Å². The topological polar surface area (TPSA) is 51.0 Å². The molecule has 1 aliphatic heterocycles. The first kappa shape index (κ1) is 12.9. The van der Waals surface area contributed by atoms with E-state index in [1.807, 2.05) is 0 Å². The molecule has 2 heterocycles. The Kier molecular flexibility index (Phi) is 3.37. The van der Waals surface area contributed by atoms with Gasteiger partial charge in [-0.2, -0.15) is 4.98 Å². The standard InChI is InChI=1S/C17H21N3O/c1-2-6-12(7-3-1)16-19-17(21-20-16)14-10-11-18-15-9-5-4-8-13(14)15/h4-5,8-9,12,14,18H,1-3,6-7,10-11H2. The van der Waals surface area contributed by atoms with Gasteiger partial charge in [0.25, 0.3) is 0 Å². The molecule has 1 N–H and O–H groups in total. The Morgan fingerprint density at radius 2 is 1.90 bits per heavy atom. The zero-order valence-electron chi connectivity index (χ0n) is 12.2. The van der Waals surface area contributed by atoms with Crippen molar-refractivity contribution < 1.29 is 4.52 Å². The van der Waals surface area contributed by atoms with Gasteiger partial charge in [0.2, 0.25) is 5.89 Å². The van der Waals surface area contributed by atoms with E-state index in [0.717, 1.165) is 24.7 Å². The molecule has 0 bridgehead atoms. The molecule has 2 aromatic rings. The van der Waals surface area contributed by atoms with Gasteiger partial charge >= 0.3 is 0 Å². The maximum absolute atomic E-state index is 5.63. The third-order valence-electron chi connectivity index (χ3n) is 4.81. The van der Waals surface area contributed by atoms with Gasteiger partial charge in [0, 0.05) is 18.2 Å². The maximum atomic E-state index is 5.63. The molecule has 2 aliphatic rings. The summed E-state index contributed by atoms with van der Waals surface area (Å²) in [6.07, 6.45) is 7.38. The van der Waals surface area contributed by atoms with E-state index in [4.69, 9.17) is 9.51 Å². The van der Waals surface area contributed by atoms with Crippen LogP contribution in [-0.2, 0) is 0 Å². The van der Waals surface area contributed by atoms with E-state index in [9.17, 15) is 0 Å². The van der Waals surface area contributed by atoms with E-state index in [0.29, 0.717) is 5.92 Å². The normalized spacial score (nSPS) is 22.6. The van der Waals surface area contributed by atoms with E-state index in [1.54, 1.807) is 0 Å². The lowest BCUT2D eigenvalue weighted by Gasteiger charge is -2.24. The van der Waals surface area contributed by atoms with Crippen LogP contribution in [0.2, 0.25) is 0 Å². The molecule has 4 nitrogen and oxygen atoms in total. The smallest absolute Gasteiger partial charge is 0.234 e. The number of aromatic nitrogens is 2. The lowest BCUT2D eigenvalue weighted by Crippen LogP contribution is -2.17. The SMILES string of the molecule is c1ccc2c(c1)NCCC2c1nc(C2CCCCC2)no1. The van der Waals surface area contributed by atoms with E-state index >= 15 is 0 Å². The molecule has 1 aliphatic carbocycles. The first-order valence-electron chi connectivity index (χ1n) is 8.08. The molecule has 1 atom stereocenters. The molecule has 1 saturated carbocycles. The summed E-state index contributed by atoms with van der Waals surface area (Å²) >= 11 is 0. The fourth-order valence-electron chi connectivity index (χ4n) is 3.64. The summed E-state index contributed by atoms with van der Waals surface area (Å²) in [5.41, 5.74) is 2.48. The number of nitrogens with one attached hydrogen (secondary N) is 1. The van der Waals surface area contributed by atoms with Gasteiger partial charge in [-0.3, -0.25) is 0 Å². The van der Waals surface area contributed by atoms with E-state index in [2.05, 4.69) is 34.7 Å². The molecule has 0 saturated heterocycles. The van der Waals surface area contributed by atoms with E-state index in [1.165, 1.54) is 43.4 Å². The van der Waals surface area contributed by atoms with Crippen LogP contribution in [0, 0.1) is 0 Å². The first-order valence-corrected chi connectivity index (χ1v) is 8.08. The zero-order valence-corrected chi connectivity index (χ0v) is 12.2. The van der Waals surface area contributed by atoms with Crippen LogP contribution in [0.15, 0.2) is 28.8 Å². The molecule has 110 valence electrons. The Morgan fingerprint density at radius 3 is 2.81 bits per heavy atom. The van der Waals surface area contributed by atoms with Gasteiger partial charge in [-0.1, -0.05) is 42.6 Å². The Hall–Kier alpha value is -1.84. The highest BCUT2D eigenvalue weighted by Crippen LogP contribution is 2.37. The highest BCUT2D eigenvalue weighted by Gasteiger charge is 2.28. The van der Waals surface area contributed by atoms with Gasteiger partial charge in [0.1, 0.15) is 0 Å². The van der Waals surface area contributed by atoms with Crippen molar-refractivity contribution in [2.45, 2.75) is 50.4 Å². The third kappa shape index (κ3) is 2.43. The molecular weight excluding hydrogens is 262 g/mol. The van der Waals surface area contributed by atoms with E-state index < -0.39 is 0 Å². The van der Waals surface area contributed by atoms with E-state index in [-0.39, 0.29) is 5.92 Å². The molecule has 0 radical (unpaired) electrons. The quantitative estimate of drug-likeness (QED) is 0.902. The lowest BCUT2D eigenvalue weighted by molar-refractivity contribution is 0.345. The Labute approximate surface area is 124 Å². The van der Waals surface area contributed by atoms with Crippen molar-refractivity contribution in [2.24, 2.45) is 0 Å². The molecule has 1 aromatic carbocycles. The van der Waals surface area contributed by atoms with Crippen molar-refractivity contribution in [3.8, 4) is 0 Å². The molecule has 4 rings (SSSR count). The lowest BCUT2D eigenvalue weighted by atomic mass is 9.88. The fraction of sp³-hybridized carbons (Fsp3) is 0.529. The highest BCUT2D eigenvalue weighted by atomic mass is 16.5. The number of fused-ring (bicyclic) bond motifs is 1. The molecule has 0 spiro atoms. The molecular formula is C17H21N3O. The molecule has 4 heteroatoms. The van der Waals surface area contributed by atoms with Crippen LogP contribution in [0.5, 0.6) is 0 Å². The predicted octanol–water partition coefficient (Wildman–Crippen LogP) is 4.06. The molecule has 1 unspecified atom stereocenters. The van der Waals surface area contributed by atoms with Gasteiger partial charge in [0.05, 0.1) is 5.92 Å². The Morgan fingerprint density at radius 1 is 1.05 bits per heavy atom. The molecule has 1 fully saturated rings. The van der Waals surface area contributed by atoms with Crippen LogP contribution < -0.4 is 5.32 Å². The monoisotopic (exact) mass is 283 g/mol. The number of rotatable bonds is 2. The summed E-state index contributed by atoms with van der Waals surface area (Å²) in [6.45, 7) is 0.961. The Bertz CT molecular complexity index is 616. The summed E-state index contributed by atoms with van der Waals surface area (Å²) in [4.78, 5) is 4.75. The van der Waals surface area contributed by atoms with Crippen molar-refractivity contribution >= 4 is 5.69 Å². The average Bonchev–Trinajstić information content (AvgIpc) is 3.05. The molecule has 0 amide bonds. The van der Waals surface area contributed by atoms with Crippen molar-refractivity contribution in [3.05, 3.63) is 41.5 Å². The van der Waals surface area contributed by atoms with Crippen molar-refractivity contribution in [1.82, 2.24) is 10.1 Å². The van der Waals surface area contributed by atoms with Crippen LogP contribution in [0.25, 0.3) is 0 Å². The van der Waals surface area contributed by atoms with Crippen LogP contribution in [0.1, 0.15) is 67.6 Å². The van der Waals surface area contributed by atoms with Crippen molar-refractivity contribution in [2.75, 3.05) is 11.9 Å². The third-order valence-corrected chi connectivity index (χ3v) is 4.81. The van der Waals surface area contributed by atoms with Crippen molar-refractivity contribution in [1.29, 1.82) is 0 Å². The van der Waals surface area contributed by atoms with Crippen LogP contribution >= 0.6 is 0 Å². The first-order chi connectivity index (χ1) is 10.4. The minimum absolute atomic E-state index is 0.243. The van der Waals surface area contributed by atoms with Crippen LogP contribution in [-0.4, -0.2) is 16.7 Å². The van der Waals surface area contributed by atoms with Gasteiger partial charge in [-0.25, -0.2) is 0 Å². The number of benzene rings is 1. The number of anilines is 1. The maximum Gasteiger partial charge on any atom is 0.234 e. The van der Waals surface area contributed by atoms with Crippen LogP contribution in [0.4, 0.5) is 5.69 Å². The summed E-state index contributed by atoms with van der Waals surface area (Å²) in [6, 6.07) is 8.43. The number of para-hydroxylation sites is 1. The second-order valence-corrected chi connectivity index (χ2v) is 6.18. The number of nitrogens with zero attached hydrogens (tertiary/aromatic N) is 2. The second-order valence-electron chi connectivity index (χ2n) is 6.18. The second kappa shape index (κ2) is 5.51. The van der Waals surface area contributed by atoms with Crippen molar-refractivity contribution in [3.63, 3.8) is 0 Å². The predicted molar refractivity (Wildman–Crippen MR) is 81.5 cm³/mol. The summed E-state index contributed by atoms with van der Waals surface area (Å²) in [5.74, 6) is 2.48. The number of hydrogen-bond acceptors (Lipinski definition) is 4.